The Bertz CT molecular complexity index is 173. The Morgan fingerprint density at radius 2 is 1.44 bits per heavy atom. The van der Waals surface area contributed by atoms with E-state index in [2.05, 4.69) is 15.0 Å². The molecule has 4 heteroatoms. The molecule has 0 amide bonds. The van der Waals surface area contributed by atoms with Gasteiger partial charge in [0.05, 0.1) is 0 Å². The summed E-state index contributed by atoms with van der Waals surface area (Å²) in [5, 5.41) is 7.01. The lowest BCUT2D eigenvalue weighted by atomic mass is 10.6. The number of hydrogen-bond donors (Lipinski definition) is 0. The topological polar surface area (TPSA) is 61.6 Å². The first-order chi connectivity index (χ1) is 4.18. The van der Waals surface area contributed by atoms with Gasteiger partial charge in [-0.25, -0.2) is 4.98 Å². The maximum Gasteiger partial charge on any atom is 0.470 e. The third-order valence-corrected chi connectivity index (χ3v) is 0.859. The molecule has 1 heterocycles. The van der Waals surface area contributed by atoms with Gasteiger partial charge in [-0.05, 0) is 13.8 Å². The van der Waals surface area contributed by atoms with E-state index in [1.165, 1.54) is 0 Å². The Kier molecular flexibility index (Phi) is 1.30. The molecule has 0 saturated carbocycles. The second-order valence-electron chi connectivity index (χ2n) is 1.75. The van der Waals surface area contributed by atoms with Gasteiger partial charge >= 0.3 is 6.01 Å². The summed E-state index contributed by atoms with van der Waals surface area (Å²) in [5.74, 6) is 1.21. The van der Waals surface area contributed by atoms with Gasteiger partial charge in [0, 0.05) is 0 Å². The molecule has 0 aliphatic rings. The molecule has 0 unspecified atom stereocenters. The average Bonchev–Trinajstić information content (AvgIpc) is 1.59. The van der Waals surface area contributed by atoms with Crippen LogP contribution in [0.1, 0.15) is 11.6 Å². The van der Waals surface area contributed by atoms with E-state index < -0.39 is 0 Å². The van der Waals surface area contributed by atoms with Crippen LogP contribution in [0.4, 0.5) is 0 Å². The summed E-state index contributed by atoms with van der Waals surface area (Å²) >= 11 is 0. The van der Waals surface area contributed by atoms with Crippen LogP contribution >= 0.6 is 0 Å². The normalized spacial score (nSPS) is 9.56. The molecule has 2 N–H and O–H groups in total. The number of hydrogen-bond acceptors (Lipinski definition) is 3. The van der Waals surface area contributed by atoms with Gasteiger partial charge in [-0.15, -0.1) is 9.97 Å². The van der Waals surface area contributed by atoms with Gasteiger partial charge in [0.2, 0.25) is 0 Å². The van der Waals surface area contributed by atoms with E-state index in [0.29, 0.717) is 11.6 Å². The van der Waals surface area contributed by atoms with E-state index in [1.807, 2.05) is 0 Å². The minimum atomic E-state index is 0.0417. The molecule has 48 valence electrons. The maximum absolute atomic E-state index is 7.01. The molecule has 0 fully saturated rings. The fraction of sp³-hybridized carbons (Fsp3) is 0.400. The monoisotopic (exact) mass is 126 g/mol. The molecule has 0 aromatic carbocycles. The van der Waals surface area contributed by atoms with Crippen molar-refractivity contribution in [2.75, 3.05) is 0 Å². The van der Waals surface area contributed by atoms with Crippen LogP contribution in [-0.2, 0) is 0 Å². The average molecular weight is 126 g/mol. The largest absolute Gasteiger partial charge is 0.563 e. The first kappa shape index (κ1) is 5.94. The minimum Gasteiger partial charge on any atom is -0.563 e. The van der Waals surface area contributed by atoms with Crippen LogP contribution in [0, 0.1) is 13.8 Å². The molecule has 0 bridgehead atoms. The summed E-state index contributed by atoms with van der Waals surface area (Å²) in [5.41, 5.74) is 0. The maximum atomic E-state index is 7.01. The molecule has 0 radical (unpaired) electrons. The van der Waals surface area contributed by atoms with Crippen molar-refractivity contribution in [3.63, 3.8) is 0 Å². The van der Waals surface area contributed by atoms with Gasteiger partial charge in [-0.1, -0.05) is 0 Å². The third kappa shape index (κ3) is 1.35. The summed E-state index contributed by atoms with van der Waals surface area (Å²) in [6.07, 6.45) is 0. The lowest BCUT2D eigenvalue weighted by Gasteiger charge is -1.89. The molecule has 0 aliphatic heterocycles. The summed E-state index contributed by atoms with van der Waals surface area (Å²) in [7, 11) is 0. The number of rotatable bonds is 0. The van der Waals surface area contributed by atoms with Gasteiger partial charge < -0.3 is 5.11 Å². The van der Waals surface area contributed by atoms with Gasteiger partial charge in [-0.3, -0.25) is 0 Å². The fourth-order valence-electron chi connectivity index (χ4n) is 0.616. The van der Waals surface area contributed by atoms with E-state index in [1.54, 1.807) is 13.8 Å². The molecule has 9 heavy (non-hydrogen) atoms. The smallest absolute Gasteiger partial charge is 0.470 e. The second kappa shape index (κ2) is 1.97. The van der Waals surface area contributed by atoms with Gasteiger partial charge in [0.25, 0.3) is 0 Å². The van der Waals surface area contributed by atoms with E-state index in [4.69, 9.17) is 5.11 Å². The van der Waals surface area contributed by atoms with Gasteiger partial charge in [0.1, 0.15) is 11.6 Å². The van der Waals surface area contributed by atoms with Crippen LogP contribution in [0.3, 0.4) is 0 Å². The van der Waals surface area contributed by atoms with Crippen molar-refractivity contribution in [3.8, 4) is 6.01 Å². The van der Waals surface area contributed by atoms with Crippen LogP contribution < -0.4 is 0 Å². The Labute approximate surface area is 52.6 Å². The molecular weight excluding hydrogens is 118 g/mol. The number of nitrogens with zero attached hydrogens (tertiary/aromatic N) is 3. The molecule has 0 aliphatic carbocycles. The van der Waals surface area contributed by atoms with Crippen molar-refractivity contribution < 1.29 is 5.11 Å². The first-order valence-corrected chi connectivity index (χ1v) is 2.59. The lowest BCUT2D eigenvalue weighted by molar-refractivity contribution is 0.423. The number of aromatic nitrogens is 3. The van der Waals surface area contributed by atoms with Crippen LogP contribution in [0.5, 0.6) is 6.01 Å². The van der Waals surface area contributed by atoms with Crippen molar-refractivity contribution >= 4 is 0 Å². The standard InChI is InChI=1S/C5H7N3O/c1-3-6-4(2)8-5(9)7-3/h1-2H3,(H,6,7,8,9)/p+1. The van der Waals surface area contributed by atoms with Crippen molar-refractivity contribution in [3.05, 3.63) is 11.6 Å². The summed E-state index contributed by atoms with van der Waals surface area (Å²) in [6.45, 7) is 3.49. The quantitative estimate of drug-likeness (QED) is 0.457. The van der Waals surface area contributed by atoms with Crippen LogP contribution in [0.2, 0.25) is 0 Å². The molecule has 0 saturated heterocycles. The van der Waals surface area contributed by atoms with Crippen molar-refractivity contribution in [2.24, 2.45) is 0 Å². The molecule has 0 atom stereocenters. The molecule has 1 aromatic rings. The van der Waals surface area contributed by atoms with Crippen LogP contribution in [0.15, 0.2) is 0 Å². The highest BCUT2D eigenvalue weighted by Crippen LogP contribution is 1.97. The van der Waals surface area contributed by atoms with Crippen molar-refractivity contribution in [2.45, 2.75) is 13.8 Å². The molecule has 1 aromatic heterocycles. The van der Waals surface area contributed by atoms with Gasteiger partial charge in [0.15, 0.2) is 0 Å². The Hall–Kier alpha value is -1.19. The zero-order chi connectivity index (χ0) is 6.85. The van der Waals surface area contributed by atoms with Crippen LogP contribution in [-0.4, -0.2) is 20.1 Å². The summed E-state index contributed by atoms with van der Waals surface area (Å²) in [4.78, 5) is 11.2. The predicted molar refractivity (Wildman–Crippen MR) is 32.4 cm³/mol. The number of aryl methyl sites for hydroxylation is 2. The summed E-state index contributed by atoms with van der Waals surface area (Å²) in [6, 6.07) is 0.0417. The minimum absolute atomic E-state index is 0.0417. The van der Waals surface area contributed by atoms with E-state index in [9.17, 15) is 0 Å². The van der Waals surface area contributed by atoms with Crippen molar-refractivity contribution in [1.29, 1.82) is 0 Å². The fourth-order valence-corrected chi connectivity index (χ4v) is 0.616. The first-order valence-electron chi connectivity index (χ1n) is 2.59. The Balaban J connectivity index is 3.17. The lowest BCUT2D eigenvalue weighted by Crippen LogP contribution is -1.93. The second-order valence-corrected chi connectivity index (χ2v) is 1.75. The zero-order valence-electron chi connectivity index (χ0n) is 5.34. The SMILES string of the molecule is Cc1nc(C)nc([OH2+])n1. The summed E-state index contributed by atoms with van der Waals surface area (Å²) < 4.78 is 0. The van der Waals surface area contributed by atoms with Crippen molar-refractivity contribution in [1.82, 2.24) is 15.0 Å². The van der Waals surface area contributed by atoms with E-state index >= 15 is 0 Å². The van der Waals surface area contributed by atoms with Gasteiger partial charge in [-0.2, -0.15) is 0 Å². The molecule has 4 nitrogen and oxygen atoms in total. The molecule has 1 rings (SSSR count). The highest BCUT2D eigenvalue weighted by atomic mass is 16.3. The van der Waals surface area contributed by atoms with E-state index in [0.717, 1.165) is 0 Å². The van der Waals surface area contributed by atoms with E-state index in [-0.39, 0.29) is 6.01 Å². The molecule has 0 spiro atoms. The third-order valence-electron chi connectivity index (χ3n) is 0.859. The predicted octanol–water partition coefficient (Wildman–Crippen LogP) is -0.0737. The van der Waals surface area contributed by atoms with Crippen LogP contribution in [0.25, 0.3) is 0 Å². The molecular formula is C5H8N3O+. The zero-order valence-corrected chi connectivity index (χ0v) is 5.34. The Morgan fingerprint density at radius 3 is 1.78 bits per heavy atom. The highest BCUT2D eigenvalue weighted by molar-refractivity contribution is 4.96. The highest BCUT2D eigenvalue weighted by Gasteiger charge is 1.98. The Morgan fingerprint density at radius 1 is 1.00 bits per heavy atom.